The lowest BCUT2D eigenvalue weighted by molar-refractivity contribution is -0.137. The highest BCUT2D eigenvalue weighted by Crippen LogP contribution is 2.00. The summed E-state index contributed by atoms with van der Waals surface area (Å²) in [4.78, 5) is 42.7. The zero-order valence-electron chi connectivity index (χ0n) is 9.60. The van der Waals surface area contributed by atoms with Crippen LogP contribution >= 0.6 is 11.8 Å². The molecule has 0 aliphatic rings. The molecule has 0 spiro atoms. The second-order valence-electron chi connectivity index (χ2n) is 3.22. The third-order valence-electron chi connectivity index (χ3n) is 1.60. The number of nitrogens with one attached hydrogen (secondary N) is 2. The maximum atomic E-state index is 11.2. The van der Waals surface area contributed by atoms with E-state index in [4.69, 9.17) is 10.8 Å². The number of carboxylic acids is 1. The van der Waals surface area contributed by atoms with Crippen LogP contribution < -0.4 is 16.4 Å². The fourth-order valence-electron chi connectivity index (χ4n) is 0.842. The quantitative estimate of drug-likeness (QED) is 0.356. The molecule has 0 radical (unpaired) electrons. The average Bonchev–Trinajstić information content (AvgIpc) is 2.29. The van der Waals surface area contributed by atoms with Gasteiger partial charge in [-0.2, -0.15) is 11.8 Å². The summed E-state index contributed by atoms with van der Waals surface area (Å²) in [7, 11) is 0. The molecule has 0 aromatic rings. The Kier molecular flexibility index (Phi) is 8.37. The molecule has 102 valence electrons. The fourth-order valence-corrected chi connectivity index (χ4v) is 1.52. The molecular formula is C9H15N3O5S. The molecule has 0 aliphatic heterocycles. The van der Waals surface area contributed by atoms with Crippen LogP contribution in [0.15, 0.2) is 0 Å². The van der Waals surface area contributed by atoms with Crippen LogP contribution in [0, 0.1) is 0 Å². The van der Waals surface area contributed by atoms with Crippen molar-refractivity contribution in [3.63, 3.8) is 0 Å². The van der Waals surface area contributed by atoms with Gasteiger partial charge in [-0.1, -0.05) is 0 Å². The molecule has 18 heavy (non-hydrogen) atoms. The molecule has 0 aromatic carbocycles. The summed E-state index contributed by atoms with van der Waals surface area (Å²) >= 11 is 1.22. The van der Waals surface area contributed by atoms with E-state index in [2.05, 4.69) is 10.6 Å². The Hall–Kier alpha value is -1.77. The van der Waals surface area contributed by atoms with Crippen LogP contribution in [0.25, 0.3) is 0 Å². The fraction of sp³-hybridized carbons (Fsp3) is 0.556. The number of nitrogens with two attached hydrogens (primary N) is 1. The van der Waals surface area contributed by atoms with Crippen LogP contribution in [0.5, 0.6) is 0 Å². The zero-order valence-corrected chi connectivity index (χ0v) is 10.4. The first-order chi connectivity index (χ1) is 8.41. The molecule has 3 amide bonds. The standard InChI is InChI=1S/C9H15N3O5S/c10-6(13)5-18-2-1-7(14)11-3-8(15)12-4-9(16)17/h1-5H2,(H2,10,13)(H,11,14)(H,12,15)(H,16,17). The van der Waals surface area contributed by atoms with Crippen LogP contribution in [0.2, 0.25) is 0 Å². The topological polar surface area (TPSA) is 139 Å². The molecule has 0 aliphatic carbocycles. The van der Waals surface area contributed by atoms with Crippen LogP contribution in [0.3, 0.4) is 0 Å². The highest BCUT2D eigenvalue weighted by molar-refractivity contribution is 7.99. The molecular weight excluding hydrogens is 262 g/mol. The Morgan fingerprint density at radius 2 is 1.67 bits per heavy atom. The van der Waals surface area contributed by atoms with Gasteiger partial charge in [0.25, 0.3) is 0 Å². The Balaban J connectivity index is 3.54. The lowest BCUT2D eigenvalue weighted by Crippen LogP contribution is -2.39. The van der Waals surface area contributed by atoms with Crippen molar-refractivity contribution in [2.75, 3.05) is 24.6 Å². The molecule has 0 unspecified atom stereocenters. The van der Waals surface area contributed by atoms with E-state index in [0.717, 1.165) is 0 Å². The molecule has 8 nitrogen and oxygen atoms in total. The van der Waals surface area contributed by atoms with E-state index >= 15 is 0 Å². The van der Waals surface area contributed by atoms with Gasteiger partial charge in [0.05, 0.1) is 12.3 Å². The average molecular weight is 277 g/mol. The summed E-state index contributed by atoms with van der Waals surface area (Å²) in [5.41, 5.74) is 4.90. The molecule has 5 N–H and O–H groups in total. The second kappa shape index (κ2) is 9.28. The first-order valence-corrected chi connectivity index (χ1v) is 6.18. The Morgan fingerprint density at radius 3 is 2.22 bits per heavy atom. The molecule has 0 bridgehead atoms. The van der Waals surface area contributed by atoms with Gasteiger partial charge < -0.3 is 21.5 Å². The summed E-state index contributed by atoms with van der Waals surface area (Å²) in [6, 6.07) is 0. The molecule has 0 heterocycles. The summed E-state index contributed by atoms with van der Waals surface area (Å²) in [6.45, 7) is -0.754. The van der Waals surface area contributed by atoms with E-state index in [1.54, 1.807) is 0 Å². The number of carbonyl (C=O) groups is 4. The van der Waals surface area contributed by atoms with Gasteiger partial charge in [-0.15, -0.1) is 0 Å². The molecule has 0 saturated heterocycles. The Bertz CT molecular complexity index is 334. The van der Waals surface area contributed by atoms with Gasteiger partial charge >= 0.3 is 5.97 Å². The minimum Gasteiger partial charge on any atom is -0.480 e. The highest BCUT2D eigenvalue weighted by Gasteiger charge is 2.06. The first kappa shape index (κ1) is 16.2. The molecule has 0 atom stereocenters. The van der Waals surface area contributed by atoms with E-state index in [1.807, 2.05) is 0 Å². The second-order valence-corrected chi connectivity index (χ2v) is 4.32. The van der Waals surface area contributed by atoms with Gasteiger partial charge in [0, 0.05) is 12.2 Å². The number of thioether (sulfide) groups is 1. The normalized spacial score (nSPS) is 9.56. The van der Waals surface area contributed by atoms with E-state index in [0.29, 0.717) is 5.75 Å². The maximum absolute atomic E-state index is 11.2. The van der Waals surface area contributed by atoms with Crippen LogP contribution in [-0.4, -0.2) is 53.4 Å². The third-order valence-corrected chi connectivity index (χ3v) is 2.58. The Morgan fingerprint density at radius 1 is 1.06 bits per heavy atom. The number of carbonyl (C=O) groups excluding carboxylic acids is 3. The largest absolute Gasteiger partial charge is 0.480 e. The summed E-state index contributed by atoms with van der Waals surface area (Å²) in [5.74, 6) is -1.96. The van der Waals surface area contributed by atoms with Crippen molar-refractivity contribution >= 4 is 35.5 Å². The number of hydrogen-bond acceptors (Lipinski definition) is 5. The van der Waals surface area contributed by atoms with Crippen LogP contribution in [0.1, 0.15) is 6.42 Å². The minimum absolute atomic E-state index is 0.145. The van der Waals surface area contributed by atoms with Crippen molar-refractivity contribution in [2.45, 2.75) is 6.42 Å². The number of carboxylic acid groups (broad SMARTS) is 1. The molecule has 0 aromatic heterocycles. The highest BCUT2D eigenvalue weighted by atomic mass is 32.2. The summed E-state index contributed by atoms with van der Waals surface area (Å²) in [6.07, 6.45) is 0.157. The van der Waals surface area contributed by atoms with Gasteiger partial charge in [0.2, 0.25) is 17.7 Å². The monoisotopic (exact) mass is 277 g/mol. The minimum atomic E-state index is -1.16. The van der Waals surface area contributed by atoms with E-state index < -0.39 is 24.3 Å². The van der Waals surface area contributed by atoms with Crippen molar-refractivity contribution in [1.29, 1.82) is 0 Å². The van der Waals surface area contributed by atoms with Gasteiger partial charge in [-0.25, -0.2) is 0 Å². The number of amides is 3. The van der Waals surface area contributed by atoms with E-state index in [1.165, 1.54) is 11.8 Å². The number of hydrogen-bond donors (Lipinski definition) is 4. The lowest BCUT2D eigenvalue weighted by atomic mass is 10.4. The van der Waals surface area contributed by atoms with Gasteiger partial charge in [-0.3, -0.25) is 19.2 Å². The lowest BCUT2D eigenvalue weighted by Gasteiger charge is -2.05. The molecule has 0 fully saturated rings. The van der Waals surface area contributed by atoms with Crippen molar-refractivity contribution in [3.8, 4) is 0 Å². The molecule has 9 heteroatoms. The molecule has 0 saturated carbocycles. The van der Waals surface area contributed by atoms with Crippen molar-refractivity contribution in [2.24, 2.45) is 5.73 Å². The first-order valence-electron chi connectivity index (χ1n) is 5.03. The maximum Gasteiger partial charge on any atom is 0.322 e. The number of aliphatic carboxylic acids is 1. The predicted molar refractivity (Wildman–Crippen MR) is 64.8 cm³/mol. The molecule has 0 rings (SSSR count). The van der Waals surface area contributed by atoms with Gasteiger partial charge in [0.15, 0.2) is 0 Å². The van der Waals surface area contributed by atoms with Crippen molar-refractivity contribution < 1.29 is 24.3 Å². The number of primary amides is 1. The summed E-state index contributed by atoms with van der Waals surface area (Å²) < 4.78 is 0. The smallest absolute Gasteiger partial charge is 0.322 e. The predicted octanol–water partition coefficient (Wildman–Crippen LogP) is -2.09. The van der Waals surface area contributed by atoms with Gasteiger partial charge in [0.1, 0.15) is 6.54 Å². The van der Waals surface area contributed by atoms with E-state index in [9.17, 15) is 19.2 Å². The van der Waals surface area contributed by atoms with Crippen LogP contribution in [-0.2, 0) is 19.2 Å². The third kappa shape index (κ3) is 10.7. The van der Waals surface area contributed by atoms with Crippen molar-refractivity contribution in [1.82, 2.24) is 10.6 Å². The van der Waals surface area contributed by atoms with Crippen LogP contribution in [0.4, 0.5) is 0 Å². The van der Waals surface area contributed by atoms with Crippen molar-refractivity contribution in [3.05, 3.63) is 0 Å². The van der Waals surface area contributed by atoms with Gasteiger partial charge in [-0.05, 0) is 0 Å². The number of rotatable bonds is 9. The zero-order chi connectivity index (χ0) is 14.0. The SMILES string of the molecule is NC(=O)CSCCC(=O)NCC(=O)NCC(=O)O. The summed E-state index contributed by atoms with van der Waals surface area (Å²) in [5, 5.41) is 12.7. The van der Waals surface area contributed by atoms with E-state index in [-0.39, 0.29) is 24.6 Å². The Labute approximate surface area is 108 Å².